The topological polar surface area (TPSA) is 111 Å². The second kappa shape index (κ2) is 8.35. The Balaban J connectivity index is 2.39. The van der Waals surface area contributed by atoms with Gasteiger partial charge in [-0.1, -0.05) is 0 Å². The Hall–Kier alpha value is -1.77. The third-order valence-corrected chi connectivity index (χ3v) is 2.18. The van der Waals surface area contributed by atoms with Gasteiger partial charge in [-0.05, 0) is 13.0 Å². The van der Waals surface area contributed by atoms with E-state index in [0.717, 1.165) is 0 Å². The van der Waals surface area contributed by atoms with Crippen molar-refractivity contribution in [2.75, 3.05) is 38.9 Å². The number of rotatable bonds is 8. The minimum atomic E-state index is -0.294. The van der Waals surface area contributed by atoms with Crippen molar-refractivity contribution in [1.29, 1.82) is 0 Å². The number of nitrogens with zero attached hydrogens (tertiary/aromatic N) is 2. The Bertz CT molecular complexity index is 413. The van der Waals surface area contributed by atoms with Crippen LogP contribution in [0.1, 0.15) is 16.2 Å². The molecule has 1 heterocycles. The summed E-state index contributed by atoms with van der Waals surface area (Å²) in [6.07, 6.45) is 0. The van der Waals surface area contributed by atoms with E-state index >= 15 is 0 Å². The largest absolute Gasteiger partial charge is 0.382 e. The molecule has 0 saturated heterocycles. The number of nitrogens with one attached hydrogen (secondary N) is 2. The highest BCUT2D eigenvalue weighted by Gasteiger charge is 2.09. The molecule has 0 unspecified atom stereocenters. The van der Waals surface area contributed by atoms with Gasteiger partial charge >= 0.3 is 0 Å². The van der Waals surface area contributed by atoms with Gasteiger partial charge in [0.2, 0.25) is 5.95 Å². The number of nitrogen functional groups attached to an aromatic ring is 1. The highest BCUT2D eigenvalue weighted by Crippen LogP contribution is 2.03. The number of nitrogens with two attached hydrogens (primary N) is 1. The number of hydrogen-bond donors (Lipinski definition) is 3. The summed E-state index contributed by atoms with van der Waals surface area (Å²) in [5, 5.41) is 2.69. The van der Waals surface area contributed by atoms with Crippen LogP contribution in [0.5, 0.6) is 0 Å². The standard InChI is InChI=1S/C11H19N5O3/c1-8-7-9(15-11(14-8)16-12)10(17)13-3-4-19-6-5-18-2/h7H,3-6,12H2,1-2H3,(H,13,17)(H,14,15,16). The second-order valence-electron chi connectivity index (χ2n) is 3.72. The fourth-order valence-corrected chi connectivity index (χ4v) is 1.32. The first-order chi connectivity index (χ1) is 9.17. The molecule has 1 aromatic rings. The molecule has 0 saturated carbocycles. The third kappa shape index (κ3) is 5.60. The molecule has 0 fully saturated rings. The monoisotopic (exact) mass is 269 g/mol. The van der Waals surface area contributed by atoms with Crippen molar-refractivity contribution < 1.29 is 14.3 Å². The normalized spacial score (nSPS) is 10.3. The molecule has 19 heavy (non-hydrogen) atoms. The van der Waals surface area contributed by atoms with Gasteiger partial charge in [-0.2, -0.15) is 0 Å². The third-order valence-electron chi connectivity index (χ3n) is 2.18. The zero-order valence-corrected chi connectivity index (χ0v) is 11.1. The molecule has 106 valence electrons. The summed E-state index contributed by atoms with van der Waals surface area (Å²) in [7, 11) is 1.60. The Kier molecular flexibility index (Phi) is 6.72. The lowest BCUT2D eigenvalue weighted by Crippen LogP contribution is -2.29. The molecule has 0 aromatic carbocycles. The first-order valence-corrected chi connectivity index (χ1v) is 5.84. The van der Waals surface area contributed by atoms with Crippen molar-refractivity contribution in [1.82, 2.24) is 15.3 Å². The molecule has 0 bridgehead atoms. The molecular formula is C11H19N5O3. The molecule has 0 aliphatic rings. The van der Waals surface area contributed by atoms with Crippen LogP contribution in [-0.4, -0.2) is 49.4 Å². The number of carbonyl (C=O) groups is 1. The molecule has 0 radical (unpaired) electrons. The van der Waals surface area contributed by atoms with Crippen molar-refractivity contribution in [2.45, 2.75) is 6.92 Å². The predicted octanol–water partition coefficient (Wildman–Crippen LogP) is -0.537. The van der Waals surface area contributed by atoms with Gasteiger partial charge in [-0.15, -0.1) is 0 Å². The van der Waals surface area contributed by atoms with Crippen LogP contribution in [0.2, 0.25) is 0 Å². The molecule has 0 atom stereocenters. The van der Waals surface area contributed by atoms with Crippen LogP contribution in [0.25, 0.3) is 0 Å². The van der Waals surface area contributed by atoms with Gasteiger partial charge < -0.3 is 14.8 Å². The number of aromatic nitrogens is 2. The zero-order chi connectivity index (χ0) is 14.1. The van der Waals surface area contributed by atoms with Gasteiger partial charge in [0.15, 0.2) is 0 Å². The SMILES string of the molecule is COCCOCCNC(=O)c1cc(C)nc(NN)n1. The van der Waals surface area contributed by atoms with Gasteiger partial charge in [-0.25, -0.2) is 15.8 Å². The van der Waals surface area contributed by atoms with E-state index in [4.69, 9.17) is 15.3 Å². The van der Waals surface area contributed by atoms with E-state index in [9.17, 15) is 4.79 Å². The quantitative estimate of drug-likeness (QED) is 0.330. The van der Waals surface area contributed by atoms with Crippen LogP contribution in [-0.2, 0) is 9.47 Å². The van der Waals surface area contributed by atoms with Crippen LogP contribution < -0.4 is 16.6 Å². The number of amides is 1. The van der Waals surface area contributed by atoms with Crippen LogP contribution in [0.4, 0.5) is 5.95 Å². The fraction of sp³-hybridized carbons (Fsp3) is 0.545. The van der Waals surface area contributed by atoms with Crippen LogP contribution >= 0.6 is 0 Å². The number of hydrogen-bond acceptors (Lipinski definition) is 7. The molecule has 8 nitrogen and oxygen atoms in total. The summed E-state index contributed by atoms with van der Waals surface area (Å²) >= 11 is 0. The van der Waals surface area contributed by atoms with E-state index in [1.165, 1.54) is 0 Å². The van der Waals surface area contributed by atoms with Gasteiger partial charge in [0.05, 0.1) is 19.8 Å². The number of methoxy groups -OCH3 is 1. The van der Waals surface area contributed by atoms with Crippen molar-refractivity contribution >= 4 is 11.9 Å². The minimum Gasteiger partial charge on any atom is -0.382 e. The van der Waals surface area contributed by atoms with Crippen molar-refractivity contribution in [3.8, 4) is 0 Å². The first-order valence-electron chi connectivity index (χ1n) is 5.84. The van der Waals surface area contributed by atoms with E-state index in [0.29, 0.717) is 32.1 Å². The van der Waals surface area contributed by atoms with Crippen LogP contribution in [0.15, 0.2) is 6.07 Å². The average molecular weight is 269 g/mol. The highest BCUT2D eigenvalue weighted by molar-refractivity contribution is 5.92. The number of ether oxygens (including phenoxy) is 2. The summed E-state index contributed by atoms with van der Waals surface area (Å²) in [5.74, 6) is 5.13. The maximum absolute atomic E-state index is 11.8. The van der Waals surface area contributed by atoms with Crippen molar-refractivity contribution in [2.24, 2.45) is 5.84 Å². The second-order valence-corrected chi connectivity index (χ2v) is 3.72. The van der Waals surface area contributed by atoms with Gasteiger partial charge in [0.1, 0.15) is 5.69 Å². The lowest BCUT2D eigenvalue weighted by Gasteiger charge is -2.07. The minimum absolute atomic E-state index is 0.210. The predicted molar refractivity (Wildman–Crippen MR) is 69.6 cm³/mol. The van der Waals surface area contributed by atoms with Crippen molar-refractivity contribution in [3.63, 3.8) is 0 Å². The van der Waals surface area contributed by atoms with Crippen molar-refractivity contribution in [3.05, 3.63) is 17.5 Å². The van der Waals surface area contributed by atoms with Gasteiger partial charge in [-0.3, -0.25) is 10.2 Å². The molecule has 0 aliphatic carbocycles. The fourth-order valence-electron chi connectivity index (χ4n) is 1.32. The van der Waals surface area contributed by atoms with E-state index in [1.54, 1.807) is 20.1 Å². The van der Waals surface area contributed by atoms with E-state index < -0.39 is 0 Å². The van der Waals surface area contributed by atoms with Gasteiger partial charge in [0, 0.05) is 19.3 Å². The lowest BCUT2D eigenvalue weighted by atomic mass is 10.3. The summed E-state index contributed by atoms with van der Waals surface area (Å²) in [5.41, 5.74) is 3.23. The summed E-state index contributed by atoms with van der Waals surface area (Å²) in [4.78, 5) is 19.8. The number of carbonyl (C=O) groups excluding carboxylic acids is 1. The summed E-state index contributed by atoms with van der Waals surface area (Å²) in [6, 6.07) is 1.59. The molecule has 4 N–H and O–H groups in total. The lowest BCUT2D eigenvalue weighted by molar-refractivity contribution is 0.0692. The maximum atomic E-state index is 11.8. The molecular weight excluding hydrogens is 250 g/mol. The smallest absolute Gasteiger partial charge is 0.270 e. The van der Waals surface area contributed by atoms with E-state index in [-0.39, 0.29) is 17.5 Å². The molecule has 8 heteroatoms. The van der Waals surface area contributed by atoms with Crippen LogP contribution in [0, 0.1) is 6.92 Å². The molecule has 0 aliphatic heterocycles. The Morgan fingerprint density at radius 3 is 2.84 bits per heavy atom. The average Bonchev–Trinajstić information content (AvgIpc) is 2.41. The molecule has 1 aromatic heterocycles. The van der Waals surface area contributed by atoms with E-state index in [1.807, 2.05) is 0 Å². The molecule has 0 spiro atoms. The number of hydrazine groups is 1. The number of aryl methyl sites for hydroxylation is 1. The Morgan fingerprint density at radius 1 is 1.37 bits per heavy atom. The summed E-state index contributed by atoms with van der Waals surface area (Å²) in [6.45, 7) is 3.61. The van der Waals surface area contributed by atoms with Gasteiger partial charge in [0.25, 0.3) is 5.91 Å². The zero-order valence-electron chi connectivity index (χ0n) is 11.1. The van der Waals surface area contributed by atoms with E-state index in [2.05, 4.69) is 20.7 Å². The summed E-state index contributed by atoms with van der Waals surface area (Å²) < 4.78 is 10.1. The van der Waals surface area contributed by atoms with Crippen LogP contribution in [0.3, 0.4) is 0 Å². The first kappa shape index (κ1) is 15.3. The molecule has 1 amide bonds. The highest BCUT2D eigenvalue weighted by atomic mass is 16.5. The Morgan fingerprint density at radius 2 is 2.16 bits per heavy atom. The number of anilines is 1. The Labute approximate surface area is 111 Å². The molecule has 1 rings (SSSR count). The maximum Gasteiger partial charge on any atom is 0.270 e.